The molecule has 60 valence electrons. The maximum absolute atomic E-state index is 11.7. The SMILES string of the molecule is Cc1cc(C(=O)C(F)F)on1. The van der Waals surface area contributed by atoms with Gasteiger partial charge in [-0.3, -0.25) is 4.79 Å². The van der Waals surface area contributed by atoms with Gasteiger partial charge in [0.05, 0.1) is 5.69 Å². The fourth-order valence-electron chi connectivity index (χ4n) is 0.587. The van der Waals surface area contributed by atoms with Gasteiger partial charge in [-0.15, -0.1) is 0 Å². The van der Waals surface area contributed by atoms with E-state index in [2.05, 4.69) is 9.68 Å². The van der Waals surface area contributed by atoms with E-state index in [0.717, 1.165) is 0 Å². The minimum absolute atomic E-state index is 0.391. The molecule has 0 spiro atoms. The van der Waals surface area contributed by atoms with Crippen molar-refractivity contribution in [2.24, 2.45) is 0 Å². The number of rotatable bonds is 2. The van der Waals surface area contributed by atoms with Gasteiger partial charge in [0.2, 0.25) is 5.76 Å². The lowest BCUT2D eigenvalue weighted by atomic mass is 10.3. The molecule has 0 N–H and O–H groups in total. The Morgan fingerprint density at radius 2 is 2.36 bits per heavy atom. The van der Waals surface area contributed by atoms with Crippen LogP contribution in [0.2, 0.25) is 0 Å². The van der Waals surface area contributed by atoms with Gasteiger partial charge in [-0.05, 0) is 6.92 Å². The minimum Gasteiger partial charge on any atom is -0.353 e. The van der Waals surface area contributed by atoms with Crippen molar-refractivity contribution in [3.63, 3.8) is 0 Å². The Morgan fingerprint density at radius 3 is 2.73 bits per heavy atom. The first-order valence-corrected chi connectivity index (χ1v) is 2.87. The Bertz CT molecular complexity index is 269. The van der Waals surface area contributed by atoms with Crippen LogP contribution in [0.1, 0.15) is 16.2 Å². The van der Waals surface area contributed by atoms with Crippen LogP contribution in [-0.2, 0) is 0 Å². The summed E-state index contributed by atoms with van der Waals surface area (Å²) in [5.74, 6) is -1.72. The fourth-order valence-corrected chi connectivity index (χ4v) is 0.587. The average molecular weight is 161 g/mol. The summed E-state index contributed by atoms with van der Waals surface area (Å²) in [5.41, 5.74) is 0.411. The summed E-state index contributed by atoms with van der Waals surface area (Å²) < 4.78 is 27.7. The summed E-state index contributed by atoms with van der Waals surface area (Å²) in [6, 6.07) is 1.18. The lowest BCUT2D eigenvalue weighted by Crippen LogP contribution is -2.08. The molecule has 0 aliphatic heterocycles. The van der Waals surface area contributed by atoms with E-state index >= 15 is 0 Å². The molecule has 1 rings (SSSR count). The predicted molar refractivity (Wildman–Crippen MR) is 31.6 cm³/mol. The first kappa shape index (κ1) is 7.84. The topological polar surface area (TPSA) is 43.1 Å². The van der Waals surface area contributed by atoms with E-state index in [-0.39, 0.29) is 0 Å². The van der Waals surface area contributed by atoms with Crippen molar-refractivity contribution in [2.45, 2.75) is 13.3 Å². The van der Waals surface area contributed by atoms with Crippen molar-refractivity contribution in [1.82, 2.24) is 5.16 Å². The zero-order valence-electron chi connectivity index (χ0n) is 5.67. The van der Waals surface area contributed by atoms with Gasteiger partial charge in [-0.2, -0.15) is 0 Å². The first-order chi connectivity index (χ1) is 5.11. The van der Waals surface area contributed by atoms with Gasteiger partial charge in [0.25, 0.3) is 5.78 Å². The highest BCUT2D eigenvalue weighted by atomic mass is 19.3. The molecule has 3 nitrogen and oxygen atoms in total. The molecule has 0 atom stereocenters. The van der Waals surface area contributed by atoms with E-state index in [4.69, 9.17) is 0 Å². The standard InChI is InChI=1S/C6H5F2NO2/c1-3-2-4(11-9-3)5(10)6(7)8/h2,6H,1H3. The molecule has 1 aromatic heterocycles. The number of Topliss-reactive ketones (excluding diaryl/α,β-unsaturated/α-hetero) is 1. The van der Waals surface area contributed by atoms with Gasteiger partial charge in [0.1, 0.15) is 0 Å². The summed E-state index contributed by atoms with van der Waals surface area (Å²) in [7, 11) is 0. The fraction of sp³-hybridized carbons (Fsp3) is 0.333. The molecule has 0 unspecified atom stereocenters. The Labute approximate surface area is 61.0 Å². The molecule has 0 saturated heterocycles. The second-order valence-corrected chi connectivity index (χ2v) is 2.00. The van der Waals surface area contributed by atoms with Gasteiger partial charge in [-0.25, -0.2) is 8.78 Å². The molecule has 1 heterocycles. The van der Waals surface area contributed by atoms with Crippen LogP contribution >= 0.6 is 0 Å². The smallest absolute Gasteiger partial charge is 0.303 e. The summed E-state index contributed by atoms with van der Waals surface area (Å²) in [6.45, 7) is 1.55. The van der Waals surface area contributed by atoms with Crippen molar-refractivity contribution < 1.29 is 18.1 Å². The molecule has 0 fully saturated rings. The zero-order valence-corrected chi connectivity index (χ0v) is 5.67. The van der Waals surface area contributed by atoms with E-state index in [1.54, 1.807) is 6.92 Å². The molecule has 0 bridgehead atoms. The number of ketones is 1. The van der Waals surface area contributed by atoms with E-state index in [9.17, 15) is 13.6 Å². The van der Waals surface area contributed by atoms with Crippen molar-refractivity contribution in [2.75, 3.05) is 0 Å². The van der Waals surface area contributed by atoms with Gasteiger partial charge in [0, 0.05) is 6.07 Å². The third-order valence-corrected chi connectivity index (χ3v) is 1.07. The van der Waals surface area contributed by atoms with E-state index < -0.39 is 18.0 Å². The number of carbonyl (C=O) groups is 1. The normalized spacial score (nSPS) is 10.5. The quantitative estimate of drug-likeness (QED) is 0.616. The van der Waals surface area contributed by atoms with Crippen LogP contribution in [0.4, 0.5) is 8.78 Å². The molecule has 0 aliphatic carbocycles. The predicted octanol–water partition coefficient (Wildman–Crippen LogP) is 1.43. The number of alkyl halides is 2. The van der Waals surface area contributed by atoms with Gasteiger partial charge in [-0.1, -0.05) is 5.16 Å². The maximum atomic E-state index is 11.7. The van der Waals surface area contributed by atoms with Crippen LogP contribution < -0.4 is 0 Å². The number of nitrogens with zero attached hydrogens (tertiary/aromatic N) is 1. The first-order valence-electron chi connectivity index (χ1n) is 2.87. The highest BCUT2D eigenvalue weighted by Crippen LogP contribution is 2.08. The van der Waals surface area contributed by atoms with Crippen molar-refractivity contribution >= 4 is 5.78 Å². The van der Waals surface area contributed by atoms with Crippen LogP contribution in [-0.4, -0.2) is 17.4 Å². The van der Waals surface area contributed by atoms with E-state index in [0.29, 0.717) is 5.69 Å². The summed E-state index contributed by atoms with van der Waals surface area (Å²) in [5, 5.41) is 3.29. The highest BCUT2D eigenvalue weighted by Gasteiger charge is 2.21. The van der Waals surface area contributed by atoms with Crippen molar-refractivity contribution in [3.05, 3.63) is 17.5 Å². The summed E-state index contributed by atoms with van der Waals surface area (Å²) in [6.07, 6.45) is -3.03. The van der Waals surface area contributed by atoms with Crippen LogP contribution in [0.5, 0.6) is 0 Å². The van der Waals surface area contributed by atoms with E-state index in [1.165, 1.54) is 6.07 Å². The number of hydrogen-bond donors (Lipinski definition) is 0. The third kappa shape index (κ3) is 1.60. The zero-order chi connectivity index (χ0) is 8.43. The molecule has 1 aromatic rings. The Morgan fingerprint density at radius 1 is 1.73 bits per heavy atom. The van der Waals surface area contributed by atoms with Crippen LogP contribution in [0, 0.1) is 6.92 Å². The second kappa shape index (κ2) is 2.77. The number of carbonyl (C=O) groups excluding carboxylic acids is 1. The van der Waals surface area contributed by atoms with Gasteiger partial charge in [0.15, 0.2) is 0 Å². The molecule has 0 amide bonds. The monoisotopic (exact) mass is 161 g/mol. The van der Waals surface area contributed by atoms with Crippen LogP contribution in [0.15, 0.2) is 10.6 Å². The number of aryl methyl sites for hydroxylation is 1. The second-order valence-electron chi connectivity index (χ2n) is 2.00. The Kier molecular flexibility index (Phi) is 1.98. The molecular weight excluding hydrogens is 156 g/mol. The molecule has 11 heavy (non-hydrogen) atoms. The number of aromatic nitrogens is 1. The molecule has 0 aromatic carbocycles. The molecule has 0 saturated carbocycles. The lowest BCUT2D eigenvalue weighted by molar-refractivity contribution is 0.0639. The van der Waals surface area contributed by atoms with Gasteiger partial charge >= 0.3 is 6.43 Å². The molecule has 0 aliphatic rings. The molecule has 0 radical (unpaired) electrons. The number of hydrogen-bond acceptors (Lipinski definition) is 3. The number of halogens is 2. The molecule has 5 heteroatoms. The van der Waals surface area contributed by atoms with Gasteiger partial charge < -0.3 is 4.52 Å². The summed E-state index contributed by atoms with van der Waals surface area (Å²) in [4.78, 5) is 10.5. The third-order valence-electron chi connectivity index (χ3n) is 1.07. The minimum atomic E-state index is -3.03. The largest absolute Gasteiger partial charge is 0.353 e. The van der Waals surface area contributed by atoms with Crippen LogP contribution in [0.25, 0.3) is 0 Å². The molecular formula is C6H5F2NO2. The lowest BCUT2D eigenvalue weighted by Gasteiger charge is -1.89. The van der Waals surface area contributed by atoms with Crippen molar-refractivity contribution in [1.29, 1.82) is 0 Å². The van der Waals surface area contributed by atoms with Crippen molar-refractivity contribution in [3.8, 4) is 0 Å². The summed E-state index contributed by atoms with van der Waals surface area (Å²) >= 11 is 0. The van der Waals surface area contributed by atoms with E-state index in [1.807, 2.05) is 0 Å². The maximum Gasteiger partial charge on any atom is 0.303 e. The van der Waals surface area contributed by atoms with Crippen LogP contribution in [0.3, 0.4) is 0 Å². The average Bonchev–Trinajstić information content (AvgIpc) is 2.34. The Hall–Kier alpha value is -1.26. The Balaban J connectivity index is 2.85. The highest BCUT2D eigenvalue weighted by molar-refractivity contribution is 5.95.